The summed E-state index contributed by atoms with van der Waals surface area (Å²) in [5.41, 5.74) is 5.08. The van der Waals surface area contributed by atoms with Gasteiger partial charge in [0.15, 0.2) is 0 Å². The number of hydrogen-bond donors (Lipinski definition) is 2. The number of hydrogen-bond acceptors (Lipinski definition) is 4. The van der Waals surface area contributed by atoms with Crippen LogP contribution in [-0.2, 0) is 6.42 Å². The number of hydrazine groups is 1. The molecule has 0 amide bonds. The highest BCUT2D eigenvalue weighted by atomic mass is 79.9. The lowest BCUT2D eigenvalue weighted by molar-refractivity contribution is 0.413. The molecule has 1 aromatic carbocycles. The van der Waals surface area contributed by atoms with Gasteiger partial charge in [-0.05, 0) is 50.1 Å². The van der Waals surface area contributed by atoms with E-state index in [1.54, 1.807) is 7.11 Å². The number of halogens is 1. The van der Waals surface area contributed by atoms with Gasteiger partial charge in [-0.1, -0.05) is 15.9 Å². The van der Waals surface area contributed by atoms with E-state index in [9.17, 15) is 0 Å². The van der Waals surface area contributed by atoms with Crippen LogP contribution in [0.25, 0.3) is 0 Å². The molecule has 2 aromatic rings. The van der Waals surface area contributed by atoms with Crippen molar-refractivity contribution in [2.24, 2.45) is 5.84 Å². The monoisotopic (exact) mass is 338 g/mol. The van der Waals surface area contributed by atoms with Gasteiger partial charge in [0.2, 0.25) is 0 Å². The van der Waals surface area contributed by atoms with E-state index in [4.69, 9.17) is 15.0 Å². The smallest absolute Gasteiger partial charge is 0.119 e. The summed E-state index contributed by atoms with van der Waals surface area (Å²) in [4.78, 5) is 0. The lowest BCUT2D eigenvalue weighted by Crippen LogP contribution is -2.29. The van der Waals surface area contributed by atoms with Crippen molar-refractivity contribution < 1.29 is 9.15 Å². The second-order valence-electron chi connectivity index (χ2n) is 4.75. The molecule has 5 heteroatoms. The largest absolute Gasteiger partial charge is 0.497 e. The maximum Gasteiger partial charge on any atom is 0.119 e. The van der Waals surface area contributed by atoms with Crippen molar-refractivity contribution in [3.05, 3.63) is 51.4 Å². The van der Waals surface area contributed by atoms with E-state index in [1.165, 1.54) is 0 Å². The highest BCUT2D eigenvalue weighted by Gasteiger charge is 2.18. The average molecular weight is 339 g/mol. The number of rotatable bonds is 5. The molecular weight excluding hydrogens is 320 g/mol. The molecule has 2 rings (SSSR count). The van der Waals surface area contributed by atoms with Crippen LogP contribution in [0.2, 0.25) is 0 Å². The fourth-order valence-corrected chi connectivity index (χ4v) is 2.72. The number of nitrogens with two attached hydrogens (primary N) is 1. The molecule has 108 valence electrons. The van der Waals surface area contributed by atoms with Gasteiger partial charge in [0.05, 0.1) is 13.2 Å². The minimum absolute atomic E-state index is 0.00384. The van der Waals surface area contributed by atoms with E-state index in [1.807, 2.05) is 38.1 Å². The van der Waals surface area contributed by atoms with Gasteiger partial charge in [0.25, 0.3) is 0 Å². The Kier molecular flexibility index (Phi) is 4.86. The highest BCUT2D eigenvalue weighted by Crippen LogP contribution is 2.29. The molecule has 0 saturated carbocycles. The van der Waals surface area contributed by atoms with Crippen LogP contribution in [0.3, 0.4) is 0 Å². The van der Waals surface area contributed by atoms with Crippen molar-refractivity contribution in [2.45, 2.75) is 26.3 Å². The van der Waals surface area contributed by atoms with E-state index in [0.29, 0.717) is 0 Å². The van der Waals surface area contributed by atoms with Crippen LogP contribution in [0.15, 0.2) is 33.2 Å². The Balaban J connectivity index is 2.28. The van der Waals surface area contributed by atoms with E-state index in [-0.39, 0.29) is 6.04 Å². The minimum atomic E-state index is -0.00384. The van der Waals surface area contributed by atoms with Crippen molar-refractivity contribution in [1.82, 2.24) is 5.43 Å². The third-order valence-corrected chi connectivity index (χ3v) is 4.11. The van der Waals surface area contributed by atoms with Crippen LogP contribution in [0, 0.1) is 13.8 Å². The minimum Gasteiger partial charge on any atom is -0.497 e. The van der Waals surface area contributed by atoms with Crippen LogP contribution >= 0.6 is 15.9 Å². The Labute approximate surface area is 127 Å². The van der Waals surface area contributed by atoms with E-state index in [2.05, 4.69) is 21.4 Å². The van der Waals surface area contributed by atoms with E-state index >= 15 is 0 Å². The molecule has 0 aliphatic heterocycles. The van der Waals surface area contributed by atoms with Gasteiger partial charge in [-0.3, -0.25) is 11.3 Å². The molecule has 20 heavy (non-hydrogen) atoms. The number of furan rings is 1. The molecule has 0 bridgehead atoms. The molecule has 0 saturated heterocycles. The SMILES string of the molecule is COc1ccc(Br)c(CC(NN)c2cc(C)oc2C)c1. The third kappa shape index (κ3) is 3.23. The second-order valence-corrected chi connectivity index (χ2v) is 5.60. The summed E-state index contributed by atoms with van der Waals surface area (Å²) in [6.45, 7) is 3.89. The number of ether oxygens (including phenoxy) is 1. The molecule has 4 nitrogen and oxygen atoms in total. The van der Waals surface area contributed by atoms with Gasteiger partial charge in [-0.25, -0.2) is 0 Å². The van der Waals surface area contributed by atoms with Crippen LogP contribution < -0.4 is 16.0 Å². The summed E-state index contributed by atoms with van der Waals surface area (Å²) in [5.74, 6) is 8.33. The summed E-state index contributed by atoms with van der Waals surface area (Å²) < 4.78 is 11.9. The van der Waals surface area contributed by atoms with E-state index < -0.39 is 0 Å². The molecule has 0 fully saturated rings. The van der Waals surface area contributed by atoms with Crippen LogP contribution in [0.5, 0.6) is 5.75 Å². The summed E-state index contributed by atoms with van der Waals surface area (Å²) in [6, 6.07) is 7.93. The summed E-state index contributed by atoms with van der Waals surface area (Å²) in [7, 11) is 1.66. The van der Waals surface area contributed by atoms with Crippen LogP contribution in [-0.4, -0.2) is 7.11 Å². The van der Waals surface area contributed by atoms with Gasteiger partial charge < -0.3 is 9.15 Å². The molecule has 3 N–H and O–H groups in total. The molecule has 0 spiro atoms. The van der Waals surface area contributed by atoms with Crippen molar-refractivity contribution in [3.63, 3.8) is 0 Å². The molecule has 0 aliphatic carbocycles. The van der Waals surface area contributed by atoms with Gasteiger partial charge in [0.1, 0.15) is 17.3 Å². The number of aryl methyl sites for hydroxylation is 2. The first-order valence-corrected chi connectivity index (χ1v) is 7.20. The first-order chi connectivity index (χ1) is 9.55. The zero-order valence-corrected chi connectivity index (χ0v) is 13.5. The molecule has 0 radical (unpaired) electrons. The van der Waals surface area contributed by atoms with Gasteiger partial charge >= 0.3 is 0 Å². The molecular formula is C15H19BrN2O2. The third-order valence-electron chi connectivity index (χ3n) is 3.33. The fourth-order valence-electron chi connectivity index (χ4n) is 2.31. The van der Waals surface area contributed by atoms with Gasteiger partial charge in [-0.15, -0.1) is 0 Å². The second kappa shape index (κ2) is 6.43. The zero-order valence-electron chi connectivity index (χ0n) is 11.9. The Morgan fingerprint density at radius 3 is 2.65 bits per heavy atom. The first-order valence-electron chi connectivity index (χ1n) is 6.40. The van der Waals surface area contributed by atoms with Crippen molar-refractivity contribution in [3.8, 4) is 5.75 Å². The summed E-state index contributed by atoms with van der Waals surface area (Å²) in [6.07, 6.45) is 0.744. The maximum atomic E-state index is 5.71. The highest BCUT2D eigenvalue weighted by molar-refractivity contribution is 9.10. The molecule has 0 aliphatic rings. The van der Waals surface area contributed by atoms with E-state index in [0.717, 1.165) is 39.3 Å². The summed E-state index contributed by atoms with van der Waals surface area (Å²) >= 11 is 3.57. The van der Waals surface area contributed by atoms with Crippen molar-refractivity contribution in [1.29, 1.82) is 0 Å². The Morgan fingerprint density at radius 1 is 1.35 bits per heavy atom. The van der Waals surface area contributed by atoms with Gasteiger partial charge in [0, 0.05) is 10.0 Å². The predicted octanol–water partition coefficient (Wildman–Crippen LogP) is 3.41. The number of nitrogens with one attached hydrogen (secondary N) is 1. The Morgan fingerprint density at radius 2 is 2.10 bits per heavy atom. The molecule has 1 heterocycles. The van der Waals surface area contributed by atoms with Gasteiger partial charge in [-0.2, -0.15) is 0 Å². The van der Waals surface area contributed by atoms with Crippen LogP contribution in [0.4, 0.5) is 0 Å². The van der Waals surface area contributed by atoms with Crippen LogP contribution in [0.1, 0.15) is 28.7 Å². The van der Waals surface area contributed by atoms with Crippen molar-refractivity contribution in [2.75, 3.05) is 7.11 Å². The quantitative estimate of drug-likeness (QED) is 0.647. The average Bonchev–Trinajstić information content (AvgIpc) is 2.76. The standard InChI is InChI=1S/C15H19BrN2O2/c1-9-6-13(10(2)20-9)15(18-17)8-11-7-12(19-3)4-5-14(11)16/h4-7,15,18H,8,17H2,1-3H3. The molecule has 1 unspecified atom stereocenters. The number of methoxy groups -OCH3 is 1. The predicted molar refractivity (Wildman–Crippen MR) is 82.6 cm³/mol. The lowest BCUT2D eigenvalue weighted by Gasteiger charge is -2.17. The maximum absolute atomic E-state index is 5.71. The molecule has 1 atom stereocenters. The van der Waals surface area contributed by atoms with Crippen molar-refractivity contribution >= 4 is 15.9 Å². The molecule has 1 aromatic heterocycles. The fraction of sp³-hybridized carbons (Fsp3) is 0.333. The Hall–Kier alpha value is -1.30. The first kappa shape index (κ1) is 15.1. The zero-order chi connectivity index (χ0) is 14.7. The lowest BCUT2D eigenvalue weighted by atomic mass is 9.99. The number of benzene rings is 1. The summed E-state index contributed by atoms with van der Waals surface area (Å²) in [5, 5.41) is 0. The topological polar surface area (TPSA) is 60.4 Å². The normalized spacial score (nSPS) is 12.4. The Bertz CT molecular complexity index is 596.